The smallest absolute Gasteiger partial charge is 0.260 e. The lowest BCUT2D eigenvalue weighted by Crippen LogP contribution is -2.45. The van der Waals surface area contributed by atoms with Crippen LogP contribution in [-0.2, 0) is 4.79 Å². The van der Waals surface area contributed by atoms with Crippen molar-refractivity contribution in [2.75, 3.05) is 0 Å². The van der Waals surface area contributed by atoms with Crippen molar-refractivity contribution in [3.63, 3.8) is 0 Å². The quantitative estimate of drug-likeness (QED) is 0.837. The molecule has 1 atom stereocenters. The van der Waals surface area contributed by atoms with E-state index in [1.54, 1.807) is 19.1 Å². The Morgan fingerprint density at radius 2 is 2.06 bits per heavy atom. The molecule has 0 spiro atoms. The highest BCUT2D eigenvalue weighted by atomic mass is 16.5. The highest BCUT2D eigenvalue weighted by Gasteiger charge is 2.23. The Labute approximate surface area is 101 Å². The van der Waals surface area contributed by atoms with Crippen LogP contribution in [-0.4, -0.2) is 23.2 Å². The number of amides is 1. The van der Waals surface area contributed by atoms with Gasteiger partial charge in [0, 0.05) is 6.04 Å². The van der Waals surface area contributed by atoms with Gasteiger partial charge in [-0.1, -0.05) is 0 Å². The number of rotatable bonds is 4. The van der Waals surface area contributed by atoms with Crippen LogP contribution in [0, 0.1) is 0 Å². The molecule has 1 saturated carbocycles. The van der Waals surface area contributed by atoms with E-state index in [0.29, 0.717) is 11.8 Å². The molecule has 1 amide bonds. The van der Waals surface area contributed by atoms with Crippen molar-refractivity contribution in [3.05, 3.63) is 24.3 Å². The number of carbonyl (C=O) groups is 1. The van der Waals surface area contributed by atoms with Gasteiger partial charge in [-0.15, -0.1) is 0 Å². The maximum absolute atomic E-state index is 11.7. The SMILES string of the molecule is CC(Oc1ccc(O)cc1)C(=O)NC1CCC1. The number of aromatic hydroxyl groups is 1. The topological polar surface area (TPSA) is 58.6 Å². The molecule has 1 aromatic rings. The second-order valence-electron chi connectivity index (χ2n) is 4.39. The van der Waals surface area contributed by atoms with Crippen molar-refractivity contribution in [2.45, 2.75) is 38.3 Å². The van der Waals surface area contributed by atoms with E-state index in [1.165, 1.54) is 18.6 Å². The van der Waals surface area contributed by atoms with Crippen LogP contribution < -0.4 is 10.1 Å². The fraction of sp³-hybridized carbons (Fsp3) is 0.462. The molecule has 0 saturated heterocycles. The van der Waals surface area contributed by atoms with Crippen molar-refractivity contribution < 1.29 is 14.6 Å². The monoisotopic (exact) mass is 235 g/mol. The number of hydrogen-bond donors (Lipinski definition) is 2. The fourth-order valence-corrected chi connectivity index (χ4v) is 1.65. The molecular weight excluding hydrogens is 218 g/mol. The summed E-state index contributed by atoms with van der Waals surface area (Å²) in [4.78, 5) is 11.7. The van der Waals surface area contributed by atoms with Gasteiger partial charge in [0.1, 0.15) is 11.5 Å². The minimum Gasteiger partial charge on any atom is -0.508 e. The van der Waals surface area contributed by atoms with Crippen LogP contribution in [0.4, 0.5) is 0 Å². The summed E-state index contributed by atoms with van der Waals surface area (Å²) >= 11 is 0. The first-order chi connectivity index (χ1) is 8.15. The first-order valence-corrected chi connectivity index (χ1v) is 5.91. The first kappa shape index (κ1) is 11.8. The zero-order valence-corrected chi connectivity index (χ0v) is 9.85. The van der Waals surface area contributed by atoms with Gasteiger partial charge in [-0.25, -0.2) is 0 Å². The molecule has 0 heterocycles. The molecule has 4 heteroatoms. The van der Waals surface area contributed by atoms with E-state index < -0.39 is 6.10 Å². The molecule has 0 radical (unpaired) electrons. The van der Waals surface area contributed by atoms with Crippen LogP contribution >= 0.6 is 0 Å². The van der Waals surface area contributed by atoms with Crippen LogP contribution in [0.15, 0.2) is 24.3 Å². The van der Waals surface area contributed by atoms with Crippen LogP contribution in [0.3, 0.4) is 0 Å². The van der Waals surface area contributed by atoms with Crippen LogP contribution in [0.5, 0.6) is 11.5 Å². The number of carbonyl (C=O) groups excluding carboxylic acids is 1. The Morgan fingerprint density at radius 1 is 1.41 bits per heavy atom. The van der Waals surface area contributed by atoms with E-state index in [0.717, 1.165) is 12.8 Å². The zero-order chi connectivity index (χ0) is 12.3. The summed E-state index contributed by atoms with van der Waals surface area (Å²) < 4.78 is 5.48. The van der Waals surface area contributed by atoms with E-state index in [1.807, 2.05) is 0 Å². The highest BCUT2D eigenvalue weighted by molar-refractivity contribution is 5.81. The summed E-state index contributed by atoms with van der Waals surface area (Å²) in [6.45, 7) is 1.72. The lowest BCUT2D eigenvalue weighted by molar-refractivity contribution is -0.128. The molecule has 2 N–H and O–H groups in total. The van der Waals surface area contributed by atoms with E-state index in [4.69, 9.17) is 9.84 Å². The minimum atomic E-state index is -0.514. The van der Waals surface area contributed by atoms with Gasteiger partial charge in [-0.05, 0) is 50.5 Å². The van der Waals surface area contributed by atoms with Gasteiger partial charge in [0.05, 0.1) is 0 Å². The number of phenolic OH excluding ortho intramolecular Hbond substituents is 1. The Morgan fingerprint density at radius 3 is 2.59 bits per heavy atom. The van der Waals surface area contributed by atoms with E-state index in [-0.39, 0.29) is 11.7 Å². The van der Waals surface area contributed by atoms with Crippen LogP contribution in [0.2, 0.25) is 0 Å². The van der Waals surface area contributed by atoms with Gasteiger partial charge < -0.3 is 15.2 Å². The molecule has 0 bridgehead atoms. The first-order valence-electron chi connectivity index (χ1n) is 5.91. The average Bonchev–Trinajstić information content (AvgIpc) is 2.26. The number of nitrogens with one attached hydrogen (secondary N) is 1. The summed E-state index contributed by atoms with van der Waals surface area (Å²) in [5.74, 6) is 0.686. The molecule has 1 fully saturated rings. The summed E-state index contributed by atoms with van der Waals surface area (Å²) in [5, 5.41) is 12.1. The van der Waals surface area contributed by atoms with Gasteiger partial charge in [0.25, 0.3) is 5.91 Å². The molecule has 1 aromatic carbocycles. The molecule has 92 valence electrons. The summed E-state index contributed by atoms with van der Waals surface area (Å²) in [6.07, 6.45) is 2.81. The van der Waals surface area contributed by atoms with E-state index >= 15 is 0 Å². The third kappa shape index (κ3) is 3.12. The van der Waals surface area contributed by atoms with Crippen LogP contribution in [0.1, 0.15) is 26.2 Å². The zero-order valence-electron chi connectivity index (χ0n) is 9.85. The minimum absolute atomic E-state index is 0.0808. The molecule has 0 aliphatic heterocycles. The van der Waals surface area contributed by atoms with E-state index in [9.17, 15) is 4.79 Å². The lowest BCUT2D eigenvalue weighted by Gasteiger charge is -2.27. The van der Waals surface area contributed by atoms with E-state index in [2.05, 4.69) is 5.32 Å². The van der Waals surface area contributed by atoms with Crippen molar-refractivity contribution in [1.82, 2.24) is 5.32 Å². The van der Waals surface area contributed by atoms with Crippen molar-refractivity contribution >= 4 is 5.91 Å². The Bertz CT molecular complexity index is 384. The highest BCUT2D eigenvalue weighted by Crippen LogP contribution is 2.19. The lowest BCUT2D eigenvalue weighted by atomic mass is 9.93. The van der Waals surface area contributed by atoms with Crippen LogP contribution in [0.25, 0.3) is 0 Å². The van der Waals surface area contributed by atoms with Crippen molar-refractivity contribution in [3.8, 4) is 11.5 Å². The Balaban J connectivity index is 1.84. The van der Waals surface area contributed by atoms with Gasteiger partial charge in [0.15, 0.2) is 6.10 Å². The normalized spacial score (nSPS) is 17.0. The van der Waals surface area contributed by atoms with Crippen molar-refractivity contribution in [2.24, 2.45) is 0 Å². The number of hydrogen-bond acceptors (Lipinski definition) is 3. The molecule has 2 rings (SSSR count). The largest absolute Gasteiger partial charge is 0.508 e. The predicted molar refractivity (Wildman–Crippen MR) is 64.0 cm³/mol. The standard InChI is InChI=1S/C13H17NO3/c1-9(13(16)14-10-3-2-4-10)17-12-7-5-11(15)6-8-12/h5-10,15H,2-4H2,1H3,(H,14,16). The van der Waals surface area contributed by atoms with Gasteiger partial charge in [-0.2, -0.15) is 0 Å². The maximum atomic E-state index is 11.7. The third-order valence-corrected chi connectivity index (χ3v) is 2.97. The fourth-order valence-electron chi connectivity index (χ4n) is 1.65. The molecule has 1 aliphatic rings. The Kier molecular flexibility index (Phi) is 3.52. The molecule has 17 heavy (non-hydrogen) atoms. The molecular formula is C13H17NO3. The summed E-state index contributed by atoms with van der Waals surface area (Å²) in [7, 11) is 0. The second kappa shape index (κ2) is 5.08. The number of phenols is 1. The maximum Gasteiger partial charge on any atom is 0.260 e. The van der Waals surface area contributed by atoms with Gasteiger partial charge in [-0.3, -0.25) is 4.79 Å². The Hall–Kier alpha value is -1.71. The summed E-state index contributed by atoms with van der Waals surface area (Å²) in [5.41, 5.74) is 0. The third-order valence-electron chi connectivity index (χ3n) is 2.97. The van der Waals surface area contributed by atoms with Crippen molar-refractivity contribution in [1.29, 1.82) is 0 Å². The molecule has 1 unspecified atom stereocenters. The van der Waals surface area contributed by atoms with Gasteiger partial charge in [0.2, 0.25) is 0 Å². The molecule has 0 aromatic heterocycles. The molecule has 4 nitrogen and oxygen atoms in total. The number of benzene rings is 1. The average molecular weight is 235 g/mol. The predicted octanol–water partition coefficient (Wildman–Crippen LogP) is 1.83. The van der Waals surface area contributed by atoms with Gasteiger partial charge >= 0.3 is 0 Å². The molecule has 1 aliphatic carbocycles. The second-order valence-corrected chi connectivity index (χ2v) is 4.39. The number of ether oxygens (including phenoxy) is 1. The summed E-state index contributed by atoms with van der Waals surface area (Å²) in [6, 6.07) is 6.68.